The zero-order valence-electron chi connectivity index (χ0n) is 13.5. The van der Waals surface area contributed by atoms with Crippen LogP contribution in [0, 0.1) is 5.82 Å². The summed E-state index contributed by atoms with van der Waals surface area (Å²) >= 11 is 5.87. The molecule has 6 heteroatoms. The summed E-state index contributed by atoms with van der Waals surface area (Å²) in [5, 5.41) is 3.78. The van der Waals surface area contributed by atoms with Crippen LogP contribution in [0.15, 0.2) is 59.5 Å². The smallest absolute Gasteiger partial charge is 0.240 e. The molecule has 0 fully saturated rings. The zero-order chi connectivity index (χ0) is 18.0. The van der Waals surface area contributed by atoms with Crippen LogP contribution in [0.4, 0.5) is 4.39 Å². The largest absolute Gasteiger partial charge is 0.348 e. The van der Waals surface area contributed by atoms with Gasteiger partial charge in [0.2, 0.25) is 5.91 Å². The number of hydrogen-bond acceptors (Lipinski definition) is 2. The van der Waals surface area contributed by atoms with Crippen LogP contribution in [0.3, 0.4) is 0 Å². The summed E-state index contributed by atoms with van der Waals surface area (Å²) in [5.74, 6) is -0.695. The van der Waals surface area contributed by atoms with Gasteiger partial charge in [-0.15, -0.1) is 0 Å². The van der Waals surface area contributed by atoms with Crippen molar-refractivity contribution < 1.29 is 9.18 Å². The van der Waals surface area contributed by atoms with Crippen LogP contribution in [-0.4, -0.2) is 10.5 Å². The number of rotatable bonds is 4. The molecule has 1 unspecified atom stereocenters. The third-order valence-electron chi connectivity index (χ3n) is 4.00. The van der Waals surface area contributed by atoms with Gasteiger partial charge in [-0.2, -0.15) is 0 Å². The minimum atomic E-state index is -0.483. The van der Waals surface area contributed by atoms with Crippen LogP contribution in [0.5, 0.6) is 0 Å². The lowest BCUT2D eigenvalue weighted by Crippen LogP contribution is -2.30. The van der Waals surface area contributed by atoms with E-state index in [0.717, 1.165) is 5.56 Å². The third-order valence-corrected chi connectivity index (χ3v) is 4.25. The van der Waals surface area contributed by atoms with Crippen molar-refractivity contribution in [3.8, 4) is 0 Å². The Balaban J connectivity index is 1.79. The second-order valence-electron chi connectivity index (χ2n) is 5.81. The van der Waals surface area contributed by atoms with Gasteiger partial charge in [0.05, 0.1) is 11.6 Å². The first kappa shape index (κ1) is 17.2. The number of benzene rings is 2. The van der Waals surface area contributed by atoms with Crippen LogP contribution in [0.25, 0.3) is 10.9 Å². The van der Waals surface area contributed by atoms with Crippen LogP contribution in [0.2, 0.25) is 5.02 Å². The van der Waals surface area contributed by atoms with Gasteiger partial charge in [-0.1, -0.05) is 23.7 Å². The molecule has 1 heterocycles. The van der Waals surface area contributed by atoms with Crippen LogP contribution >= 0.6 is 11.6 Å². The molecule has 2 aromatic carbocycles. The average Bonchev–Trinajstić information content (AvgIpc) is 2.58. The lowest BCUT2D eigenvalue weighted by molar-refractivity contribution is -0.122. The second kappa shape index (κ2) is 7.07. The summed E-state index contributed by atoms with van der Waals surface area (Å²) in [5.41, 5.74) is 1.17. The summed E-state index contributed by atoms with van der Waals surface area (Å²) in [6, 6.07) is 12.3. The highest BCUT2D eigenvalue weighted by Crippen LogP contribution is 2.16. The van der Waals surface area contributed by atoms with Gasteiger partial charge in [-0.3, -0.25) is 9.59 Å². The average molecular weight is 359 g/mol. The topological polar surface area (TPSA) is 51.1 Å². The molecule has 0 aliphatic carbocycles. The number of pyridine rings is 1. The fourth-order valence-corrected chi connectivity index (χ4v) is 2.82. The molecule has 1 atom stereocenters. The van der Waals surface area contributed by atoms with Gasteiger partial charge >= 0.3 is 0 Å². The quantitative estimate of drug-likeness (QED) is 0.773. The second-order valence-corrected chi connectivity index (χ2v) is 6.25. The van der Waals surface area contributed by atoms with Gasteiger partial charge < -0.3 is 9.88 Å². The van der Waals surface area contributed by atoms with E-state index in [-0.39, 0.29) is 29.3 Å². The molecular formula is C19H16ClFN2O2. The molecule has 0 bridgehead atoms. The van der Waals surface area contributed by atoms with Crippen molar-refractivity contribution in [3.63, 3.8) is 0 Å². The lowest BCUT2D eigenvalue weighted by Gasteiger charge is -2.16. The highest BCUT2D eigenvalue weighted by molar-refractivity contribution is 6.30. The summed E-state index contributed by atoms with van der Waals surface area (Å²) < 4.78 is 15.0. The summed E-state index contributed by atoms with van der Waals surface area (Å²) in [7, 11) is 0. The fraction of sp³-hybridized carbons (Fsp3) is 0.158. The molecule has 25 heavy (non-hydrogen) atoms. The number of amides is 1. The summed E-state index contributed by atoms with van der Waals surface area (Å²) in [6.45, 7) is 1.90. The van der Waals surface area contributed by atoms with E-state index in [1.54, 1.807) is 16.7 Å². The van der Waals surface area contributed by atoms with E-state index >= 15 is 0 Å². The van der Waals surface area contributed by atoms with Crippen molar-refractivity contribution in [1.82, 2.24) is 9.88 Å². The van der Waals surface area contributed by atoms with Crippen LogP contribution in [-0.2, 0) is 11.3 Å². The zero-order valence-corrected chi connectivity index (χ0v) is 14.3. The molecule has 0 spiro atoms. The number of nitrogens with one attached hydrogen (secondary N) is 1. The third kappa shape index (κ3) is 3.88. The van der Waals surface area contributed by atoms with Crippen molar-refractivity contribution in [2.24, 2.45) is 0 Å². The molecule has 0 saturated carbocycles. The Bertz CT molecular complexity index is 983. The van der Waals surface area contributed by atoms with Gasteiger partial charge in [0.1, 0.15) is 12.4 Å². The van der Waals surface area contributed by atoms with Crippen LogP contribution in [0.1, 0.15) is 18.5 Å². The molecule has 0 saturated heterocycles. The monoisotopic (exact) mass is 358 g/mol. The lowest BCUT2D eigenvalue weighted by atomic mass is 10.1. The van der Waals surface area contributed by atoms with Gasteiger partial charge in [0.25, 0.3) is 0 Å². The minimum Gasteiger partial charge on any atom is -0.348 e. The van der Waals surface area contributed by atoms with Crippen LogP contribution < -0.4 is 10.7 Å². The Morgan fingerprint density at radius 1 is 1.20 bits per heavy atom. The summed E-state index contributed by atoms with van der Waals surface area (Å²) in [4.78, 5) is 24.2. The number of halogens is 2. The molecule has 0 radical (unpaired) electrons. The molecule has 1 N–H and O–H groups in total. The van der Waals surface area contributed by atoms with Gasteiger partial charge in [0.15, 0.2) is 5.43 Å². The van der Waals surface area contributed by atoms with E-state index < -0.39 is 5.82 Å². The number of carbonyl (C=O) groups excluding carboxylic acids is 1. The standard InChI is InChI=1S/C19H16ClFN2O2/c1-12(13-2-4-14(20)5-3-13)22-19(25)11-23-9-8-18(24)16-10-15(21)6-7-17(16)23/h2-10,12H,11H2,1H3,(H,22,25). The molecule has 3 aromatic rings. The normalized spacial score (nSPS) is 12.1. The van der Waals surface area contributed by atoms with Gasteiger partial charge in [0, 0.05) is 22.7 Å². The number of hydrogen-bond donors (Lipinski definition) is 1. The van der Waals surface area contributed by atoms with Gasteiger partial charge in [-0.25, -0.2) is 4.39 Å². The number of fused-ring (bicyclic) bond motifs is 1. The number of carbonyl (C=O) groups is 1. The maximum atomic E-state index is 13.4. The van der Waals surface area contributed by atoms with E-state index in [4.69, 9.17) is 11.6 Å². The molecule has 4 nitrogen and oxygen atoms in total. The number of aromatic nitrogens is 1. The Labute approximate surface area is 148 Å². The highest BCUT2D eigenvalue weighted by Gasteiger charge is 2.12. The molecule has 1 aromatic heterocycles. The van der Waals surface area contributed by atoms with E-state index in [1.807, 2.05) is 19.1 Å². The molecule has 0 aliphatic heterocycles. The maximum Gasteiger partial charge on any atom is 0.240 e. The Kier molecular flexibility index (Phi) is 4.86. The molecule has 0 aliphatic rings. The van der Waals surface area contributed by atoms with Crippen molar-refractivity contribution in [2.45, 2.75) is 19.5 Å². The maximum absolute atomic E-state index is 13.4. The molecular weight excluding hydrogens is 343 g/mol. The highest BCUT2D eigenvalue weighted by atomic mass is 35.5. The first-order valence-corrected chi connectivity index (χ1v) is 8.15. The van der Waals surface area contributed by atoms with E-state index in [1.165, 1.54) is 30.5 Å². The van der Waals surface area contributed by atoms with Crippen molar-refractivity contribution in [1.29, 1.82) is 0 Å². The predicted octanol–water partition coefficient (Wildman–Crippen LogP) is 3.67. The summed E-state index contributed by atoms with van der Waals surface area (Å²) in [6.07, 6.45) is 1.54. The molecule has 3 rings (SSSR count). The number of nitrogens with zero attached hydrogens (tertiary/aromatic N) is 1. The Morgan fingerprint density at radius 2 is 1.92 bits per heavy atom. The van der Waals surface area contributed by atoms with Gasteiger partial charge in [-0.05, 0) is 42.8 Å². The first-order chi connectivity index (χ1) is 11.9. The minimum absolute atomic E-state index is 0.0281. The van der Waals surface area contributed by atoms with Crippen molar-refractivity contribution in [2.75, 3.05) is 0 Å². The fourth-order valence-electron chi connectivity index (χ4n) is 2.70. The molecule has 1 amide bonds. The first-order valence-electron chi connectivity index (χ1n) is 7.77. The molecule has 128 valence electrons. The predicted molar refractivity (Wildman–Crippen MR) is 96.2 cm³/mol. The van der Waals surface area contributed by atoms with E-state index in [9.17, 15) is 14.0 Å². The van der Waals surface area contributed by atoms with Crippen molar-refractivity contribution >= 4 is 28.4 Å². The Morgan fingerprint density at radius 3 is 2.64 bits per heavy atom. The van der Waals surface area contributed by atoms with E-state index in [2.05, 4.69) is 5.32 Å². The SMILES string of the molecule is CC(NC(=O)Cn1ccc(=O)c2cc(F)ccc21)c1ccc(Cl)cc1. The Hall–Kier alpha value is -2.66. The van der Waals surface area contributed by atoms with Crippen molar-refractivity contribution in [3.05, 3.63) is 81.4 Å². The van der Waals surface area contributed by atoms with E-state index in [0.29, 0.717) is 10.5 Å².